The molecule has 6 heteroatoms. The van der Waals surface area contributed by atoms with Gasteiger partial charge >= 0.3 is 5.97 Å². The number of hydrogen-bond donors (Lipinski definition) is 2. The van der Waals surface area contributed by atoms with Gasteiger partial charge in [0, 0.05) is 4.90 Å². The first kappa shape index (κ1) is 12.8. The number of nitrogens with one attached hydrogen (secondary N) is 1. The van der Waals surface area contributed by atoms with Crippen LogP contribution in [0.4, 0.5) is 5.69 Å². The van der Waals surface area contributed by atoms with Crippen LogP contribution in [-0.2, 0) is 9.59 Å². The molecule has 0 spiro atoms. The summed E-state index contributed by atoms with van der Waals surface area (Å²) in [4.78, 5) is 23.3. The summed E-state index contributed by atoms with van der Waals surface area (Å²) in [5.41, 5.74) is 0.635. The first-order valence-corrected chi connectivity index (χ1v) is 6.45. The van der Waals surface area contributed by atoms with Crippen LogP contribution in [0.15, 0.2) is 23.1 Å². The molecular formula is C12H13NO4S. The van der Waals surface area contributed by atoms with Crippen LogP contribution in [0.25, 0.3) is 0 Å². The maximum atomic E-state index is 11.8. The Morgan fingerprint density at radius 1 is 1.56 bits per heavy atom. The maximum Gasteiger partial charge on any atom is 0.305 e. The number of benzene rings is 1. The molecule has 2 N–H and O–H groups in total. The monoisotopic (exact) mass is 267 g/mol. The van der Waals surface area contributed by atoms with E-state index in [4.69, 9.17) is 9.84 Å². The molecule has 0 saturated heterocycles. The first-order valence-electron chi connectivity index (χ1n) is 5.57. The molecule has 0 saturated carbocycles. The number of hydrogen-bond acceptors (Lipinski definition) is 4. The summed E-state index contributed by atoms with van der Waals surface area (Å²) in [5, 5.41) is 10.9. The van der Waals surface area contributed by atoms with Crippen molar-refractivity contribution in [3.05, 3.63) is 18.2 Å². The van der Waals surface area contributed by atoms with E-state index in [2.05, 4.69) is 5.32 Å². The van der Waals surface area contributed by atoms with Crippen molar-refractivity contribution in [2.45, 2.75) is 23.5 Å². The van der Waals surface area contributed by atoms with Crippen molar-refractivity contribution < 1.29 is 19.4 Å². The van der Waals surface area contributed by atoms with E-state index < -0.39 is 11.2 Å². The minimum Gasteiger partial charge on any atom is -0.492 e. The highest BCUT2D eigenvalue weighted by Gasteiger charge is 2.30. The number of anilines is 1. The molecule has 1 atom stereocenters. The van der Waals surface area contributed by atoms with Gasteiger partial charge in [0.25, 0.3) is 0 Å². The zero-order chi connectivity index (χ0) is 13.1. The molecule has 1 aromatic carbocycles. The molecule has 1 unspecified atom stereocenters. The number of amides is 1. The molecule has 0 radical (unpaired) electrons. The Bertz CT molecular complexity index is 489. The minimum absolute atomic E-state index is 0.186. The molecule has 1 amide bonds. The van der Waals surface area contributed by atoms with Crippen LogP contribution in [0, 0.1) is 0 Å². The number of carbonyl (C=O) groups is 2. The smallest absolute Gasteiger partial charge is 0.305 e. The van der Waals surface area contributed by atoms with Gasteiger partial charge in [0.1, 0.15) is 5.75 Å². The number of carbonyl (C=O) groups excluding carboxylic acids is 1. The fourth-order valence-electron chi connectivity index (χ4n) is 1.71. The summed E-state index contributed by atoms with van der Waals surface area (Å²) >= 11 is 1.26. The quantitative estimate of drug-likeness (QED) is 0.872. The number of thioether (sulfide) groups is 1. The SMILES string of the molecule is CCOc1cccc2c1NC(=O)C(CC(=O)O)S2. The Labute approximate surface area is 109 Å². The zero-order valence-corrected chi connectivity index (χ0v) is 10.6. The lowest BCUT2D eigenvalue weighted by Crippen LogP contribution is -2.31. The fourth-order valence-corrected chi connectivity index (χ4v) is 2.84. The molecule has 1 aromatic rings. The lowest BCUT2D eigenvalue weighted by molar-refractivity contribution is -0.138. The molecule has 5 nitrogen and oxygen atoms in total. The van der Waals surface area contributed by atoms with E-state index in [0.717, 1.165) is 4.90 Å². The summed E-state index contributed by atoms with van der Waals surface area (Å²) in [6.07, 6.45) is -0.186. The lowest BCUT2D eigenvalue weighted by atomic mass is 10.2. The van der Waals surface area contributed by atoms with Gasteiger partial charge in [-0.25, -0.2) is 0 Å². The van der Waals surface area contributed by atoms with E-state index in [1.807, 2.05) is 19.1 Å². The molecule has 0 fully saturated rings. The van der Waals surface area contributed by atoms with Gasteiger partial charge in [-0.05, 0) is 19.1 Å². The van der Waals surface area contributed by atoms with Crippen LogP contribution in [0.1, 0.15) is 13.3 Å². The van der Waals surface area contributed by atoms with Gasteiger partial charge in [-0.3, -0.25) is 9.59 Å². The summed E-state index contributed by atoms with van der Waals surface area (Å²) < 4.78 is 5.42. The van der Waals surface area contributed by atoms with Crippen molar-refractivity contribution >= 4 is 29.3 Å². The average Bonchev–Trinajstić information content (AvgIpc) is 2.31. The predicted octanol–water partition coefficient (Wildman–Crippen LogP) is 1.97. The molecule has 1 heterocycles. The average molecular weight is 267 g/mol. The highest BCUT2D eigenvalue weighted by molar-refractivity contribution is 8.01. The molecule has 0 aliphatic carbocycles. The van der Waals surface area contributed by atoms with Crippen LogP contribution in [0.3, 0.4) is 0 Å². The van der Waals surface area contributed by atoms with E-state index in [-0.39, 0.29) is 12.3 Å². The Morgan fingerprint density at radius 3 is 3.00 bits per heavy atom. The molecule has 18 heavy (non-hydrogen) atoms. The number of fused-ring (bicyclic) bond motifs is 1. The minimum atomic E-state index is -0.980. The van der Waals surface area contributed by atoms with Crippen LogP contribution >= 0.6 is 11.8 Å². The van der Waals surface area contributed by atoms with E-state index in [1.165, 1.54) is 11.8 Å². The number of carboxylic acid groups (broad SMARTS) is 1. The third kappa shape index (κ3) is 2.59. The fraction of sp³-hybridized carbons (Fsp3) is 0.333. The van der Waals surface area contributed by atoms with Gasteiger partial charge in [-0.15, -0.1) is 11.8 Å². The molecule has 96 valence electrons. The van der Waals surface area contributed by atoms with Crippen molar-refractivity contribution in [2.24, 2.45) is 0 Å². The van der Waals surface area contributed by atoms with Crippen molar-refractivity contribution in [3.63, 3.8) is 0 Å². The van der Waals surface area contributed by atoms with Gasteiger partial charge in [-0.2, -0.15) is 0 Å². The van der Waals surface area contributed by atoms with E-state index in [9.17, 15) is 9.59 Å². The Hall–Kier alpha value is -1.69. The molecule has 2 rings (SSSR count). The molecular weight excluding hydrogens is 254 g/mol. The van der Waals surface area contributed by atoms with Crippen LogP contribution in [0.2, 0.25) is 0 Å². The van der Waals surface area contributed by atoms with Gasteiger partial charge in [0.05, 0.1) is 24.0 Å². The number of ether oxygens (including phenoxy) is 1. The largest absolute Gasteiger partial charge is 0.492 e. The van der Waals surface area contributed by atoms with Crippen molar-refractivity contribution in [3.8, 4) is 5.75 Å². The van der Waals surface area contributed by atoms with Crippen molar-refractivity contribution in [2.75, 3.05) is 11.9 Å². The second kappa shape index (κ2) is 5.30. The normalized spacial score (nSPS) is 17.8. The standard InChI is InChI=1S/C12H13NO4S/c1-2-17-7-4-3-5-8-11(7)13-12(16)9(18-8)6-10(14)15/h3-5,9H,2,6H2,1H3,(H,13,16)(H,14,15). The maximum absolute atomic E-state index is 11.8. The molecule has 0 aromatic heterocycles. The van der Waals surface area contributed by atoms with Gasteiger partial charge in [0.2, 0.25) is 5.91 Å². The van der Waals surface area contributed by atoms with Crippen molar-refractivity contribution in [1.82, 2.24) is 0 Å². The summed E-state index contributed by atoms with van der Waals surface area (Å²) in [6, 6.07) is 5.45. The molecule has 0 bridgehead atoms. The molecule has 1 aliphatic rings. The Morgan fingerprint density at radius 2 is 2.33 bits per heavy atom. The summed E-state index contributed by atoms with van der Waals surface area (Å²) in [7, 11) is 0. The third-order valence-corrected chi connectivity index (χ3v) is 3.72. The first-order chi connectivity index (χ1) is 8.61. The Balaban J connectivity index is 2.27. The summed E-state index contributed by atoms with van der Waals surface area (Å²) in [5.74, 6) is -0.654. The summed E-state index contributed by atoms with van der Waals surface area (Å²) in [6.45, 7) is 2.37. The second-order valence-corrected chi connectivity index (χ2v) is 5.00. The topological polar surface area (TPSA) is 75.6 Å². The van der Waals surface area contributed by atoms with Crippen LogP contribution < -0.4 is 10.1 Å². The van der Waals surface area contributed by atoms with E-state index in [0.29, 0.717) is 18.0 Å². The van der Waals surface area contributed by atoms with Gasteiger partial charge < -0.3 is 15.2 Å². The molecule has 1 aliphatic heterocycles. The van der Waals surface area contributed by atoms with Gasteiger partial charge in [-0.1, -0.05) is 6.07 Å². The van der Waals surface area contributed by atoms with Crippen LogP contribution in [0.5, 0.6) is 5.75 Å². The second-order valence-electron chi connectivity index (χ2n) is 3.76. The number of para-hydroxylation sites is 1. The van der Waals surface area contributed by atoms with E-state index >= 15 is 0 Å². The number of rotatable bonds is 4. The van der Waals surface area contributed by atoms with Crippen LogP contribution in [-0.4, -0.2) is 28.8 Å². The number of aliphatic carboxylic acids is 1. The van der Waals surface area contributed by atoms with E-state index in [1.54, 1.807) is 6.07 Å². The highest BCUT2D eigenvalue weighted by Crippen LogP contribution is 2.42. The Kier molecular flexibility index (Phi) is 3.76. The third-order valence-electron chi connectivity index (χ3n) is 2.46. The number of carboxylic acids is 1. The van der Waals surface area contributed by atoms with Gasteiger partial charge in [0.15, 0.2) is 0 Å². The zero-order valence-electron chi connectivity index (χ0n) is 9.80. The van der Waals surface area contributed by atoms with Crippen molar-refractivity contribution in [1.29, 1.82) is 0 Å². The lowest BCUT2D eigenvalue weighted by Gasteiger charge is -2.24. The highest BCUT2D eigenvalue weighted by atomic mass is 32.2. The predicted molar refractivity (Wildman–Crippen MR) is 68.1 cm³/mol.